The highest BCUT2D eigenvalue weighted by Gasteiger charge is 2.24. The molecule has 0 aliphatic carbocycles. The summed E-state index contributed by atoms with van der Waals surface area (Å²) < 4.78 is 25.8. The molecule has 4 aromatic rings. The highest BCUT2D eigenvalue weighted by Crippen LogP contribution is 2.41. The minimum Gasteiger partial charge on any atom is -0.487 e. The zero-order chi connectivity index (χ0) is 20.7. The number of benzene rings is 2. The molecule has 1 saturated heterocycles. The average molecular weight is 439 g/mol. The Hall–Kier alpha value is -2.47. The Morgan fingerprint density at radius 3 is 2.87 bits per heavy atom. The Kier molecular flexibility index (Phi) is 4.97. The molecule has 5 rings (SSSR count). The smallest absolute Gasteiger partial charge is 0.132 e. The molecule has 0 amide bonds. The van der Waals surface area contributed by atoms with Gasteiger partial charge in [0.25, 0.3) is 0 Å². The van der Waals surface area contributed by atoms with Crippen LogP contribution < -0.4 is 15.4 Å². The van der Waals surface area contributed by atoms with E-state index in [1.54, 1.807) is 30.9 Å². The first kappa shape index (κ1) is 19.5. The van der Waals surface area contributed by atoms with E-state index < -0.39 is 7.14 Å². The minimum atomic E-state index is -2.57. The third-order valence-electron chi connectivity index (χ3n) is 5.19. The molecule has 1 N–H and O–H groups in total. The van der Waals surface area contributed by atoms with Crippen LogP contribution in [0.25, 0.3) is 21.1 Å². The number of rotatable bonds is 5. The molecule has 154 valence electrons. The number of anilines is 2. The van der Waals surface area contributed by atoms with Crippen molar-refractivity contribution in [3.8, 4) is 5.75 Å². The zero-order valence-corrected chi connectivity index (χ0v) is 18.5. The monoisotopic (exact) mass is 439 g/mol. The van der Waals surface area contributed by atoms with E-state index in [0.29, 0.717) is 19.0 Å². The molecular weight excluding hydrogens is 417 g/mol. The Morgan fingerprint density at radius 1 is 1.17 bits per heavy atom. The second-order valence-corrected chi connectivity index (χ2v) is 11.9. The number of fused-ring (bicyclic) bond motifs is 2. The Labute approximate surface area is 178 Å². The summed E-state index contributed by atoms with van der Waals surface area (Å²) in [5, 5.41) is 5.11. The fourth-order valence-electron chi connectivity index (χ4n) is 3.66. The summed E-state index contributed by atoms with van der Waals surface area (Å²) in [6.45, 7) is 4.79. The van der Waals surface area contributed by atoms with Crippen molar-refractivity contribution in [1.29, 1.82) is 0 Å². The summed E-state index contributed by atoms with van der Waals surface area (Å²) in [5.74, 6) is 0.639. The van der Waals surface area contributed by atoms with Crippen LogP contribution >= 0.6 is 18.5 Å². The molecule has 1 aliphatic rings. The van der Waals surface area contributed by atoms with Crippen LogP contribution in [-0.2, 0) is 9.30 Å². The standard InChI is InChI=1S/C22H22N3O3PS/c1-29(2,26)21-10-16-17(25-14-3-4-22-19(9-14)24-13-30-22)5-7-23-18(16)11-20(21)28-15-6-8-27-12-15/h3-5,7,9-11,13,15H,6,8,12H2,1-2H3,(H,23,25). The summed E-state index contributed by atoms with van der Waals surface area (Å²) in [5.41, 5.74) is 5.45. The molecule has 8 heteroatoms. The average Bonchev–Trinajstić information content (AvgIpc) is 3.38. The van der Waals surface area contributed by atoms with Gasteiger partial charge in [-0.1, -0.05) is 0 Å². The Bertz CT molecular complexity index is 1280. The first-order valence-electron chi connectivity index (χ1n) is 9.80. The van der Waals surface area contributed by atoms with Crippen molar-refractivity contribution in [2.75, 3.05) is 31.9 Å². The normalized spacial score (nSPS) is 16.9. The molecule has 3 heterocycles. The van der Waals surface area contributed by atoms with Crippen molar-refractivity contribution in [1.82, 2.24) is 9.97 Å². The van der Waals surface area contributed by atoms with E-state index in [4.69, 9.17) is 9.47 Å². The van der Waals surface area contributed by atoms with Gasteiger partial charge in [0, 0.05) is 35.4 Å². The molecule has 2 aromatic carbocycles. The van der Waals surface area contributed by atoms with Gasteiger partial charge in [0.1, 0.15) is 19.0 Å². The molecular formula is C22H22N3O3PS. The van der Waals surface area contributed by atoms with Gasteiger partial charge in [-0.15, -0.1) is 11.3 Å². The van der Waals surface area contributed by atoms with E-state index in [1.165, 1.54) is 0 Å². The number of pyridine rings is 1. The fourth-order valence-corrected chi connectivity index (χ4v) is 5.41. The largest absolute Gasteiger partial charge is 0.487 e. The SMILES string of the molecule is CP(C)(=O)c1cc2c(Nc3ccc4scnc4c3)ccnc2cc1OC1CCOC1. The first-order chi connectivity index (χ1) is 14.5. The maximum absolute atomic E-state index is 13.1. The predicted octanol–water partition coefficient (Wildman–Crippen LogP) is 5.00. The zero-order valence-electron chi connectivity index (χ0n) is 16.8. The third kappa shape index (κ3) is 3.81. The molecule has 0 radical (unpaired) electrons. The van der Waals surface area contributed by atoms with Crippen LogP contribution in [0.1, 0.15) is 6.42 Å². The summed E-state index contributed by atoms with van der Waals surface area (Å²) in [6.07, 6.45) is 2.59. The third-order valence-corrected chi connectivity index (χ3v) is 7.51. The number of nitrogens with zero attached hydrogens (tertiary/aromatic N) is 2. The lowest BCUT2D eigenvalue weighted by Crippen LogP contribution is -2.20. The van der Waals surface area contributed by atoms with Crippen LogP contribution in [0.5, 0.6) is 5.75 Å². The Balaban J connectivity index is 1.58. The van der Waals surface area contributed by atoms with Gasteiger partial charge in [0.15, 0.2) is 0 Å². The van der Waals surface area contributed by atoms with Gasteiger partial charge in [-0.2, -0.15) is 0 Å². The van der Waals surface area contributed by atoms with E-state index in [0.717, 1.165) is 44.2 Å². The maximum Gasteiger partial charge on any atom is 0.132 e. The van der Waals surface area contributed by atoms with E-state index in [-0.39, 0.29) is 6.10 Å². The topological polar surface area (TPSA) is 73.3 Å². The van der Waals surface area contributed by atoms with E-state index in [9.17, 15) is 4.57 Å². The van der Waals surface area contributed by atoms with E-state index in [2.05, 4.69) is 21.4 Å². The molecule has 1 atom stereocenters. The summed E-state index contributed by atoms with van der Waals surface area (Å²) in [4.78, 5) is 8.92. The van der Waals surface area contributed by atoms with Crippen LogP contribution in [0.15, 0.2) is 48.1 Å². The lowest BCUT2D eigenvalue weighted by atomic mass is 10.1. The van der Waals surface area contributed by atoms with Crippen LogP contribution in [0, 0.1) is 0 Å². The highest BCUT2D eigenvalue weighted by molar-refractivity contribution is 7.70. The summed E-state index contributed by atoms with van der Waals surface area (Å²) in [7, 11) is -2.57. The quantitative estimate of drug-likeness (QED) is 0.441. The van der Waals surface area contributed by atoms with Crippen LogP contribution in [0.3, 0.4) is 0 Å². The van der Waals surface area contributed by atoms with Crippen molar-refractivity contribution >= 4 is 56.3 Å². The molecule has 1 fully saturated rings. The second kappa shape index (κ2) is 7.65. The summed E-state index contributed by atoms with van der Waals surface area (Å²) >= 11 is 1.62. The lowest BCUT2D eigenvalue weighted by Gasteiger charge is -2.19. The number of hydrogen-bond donors (Lipinski definition) is 1. The number of aromatic nitrogens is 2. The fraction of sp³-hybridized carbons (Fsp3) is 0.273. The molecule has 30 heavy (non-hydrogen) atoms. The van der Waals surface area contributed by atoms with Crippen molar-refractivity contribution in [2.45, 2.75) is 12.5 Å². The van der Waals surface area contributed by atoms with Crippen molar-refractivity contribution in [3.05, 3.63) is 48.1 Å². The van der Waals surface area contributed by atoms with E-state index in [1.807, 2.05) is 35.8 Å². The van der Waals surface area contributed by atoms with Crippen LogP contribution in [-0.4, -0.2) is 42.6 Å². The molecule has 0 bridgehead atoms. The number of ether oxygens (including phenoxy) is 2. The molecule has 1 aliphatic heterocycles. The predicted molar refractivity (Wildman–Crippen MR) is 124 cm³/mol. The lowest BCUT2D eigenvalue weighted by molar-refractivity contribution is 0.142. The van der Waals surface area contributed by atoms with Gasteiger partial charge >= 0.3 is 0 Å². The molecule has 1 unspecified atom stereocenters. The van der Waals surface area contributed by atoms with Gasteiger partial charge in [0.05, 0.1) is 39.8 Å². The van der Waals surface area contributed by atoms with Gasteiger partial charge in [-0.05, 0) is 43.7 Å². The van der Waals surface area contributed by atoms with Gasteiger partial charge < -0.3 is 19.4 Å². The number of hydrogen-bond acceptors (Lipinski definition) is 7. The van der Waals surface area contributed by atoms with E-state index >= 15 is 0 Å². The second-order valence-electron chi connectivity index (χ2n) is 7.81. The maximum atomic E-state index is 13.1. The molecule has 0 spiro atoms. The van der Waals surface area contributed by atoms with Crippen LogP contribution in [0.4, 0.5) is 11.4 Å². The van der Waals surface area contributed by atoms with Crippen molar-refractivity contribution in [2.24, 2.45) is 0 Å². The Morgan fingerprint density at radius 2 is 2.07 bits per heavy atom. The minimum absolute atomic E-state index is 0.0149. The highest BCUT2D eigenvalue weighted by atomic mass is 32.1. The molecule has 6 nitrogen and oxygen atoms in total. The van der Waals surface area contributed by atoms with Crippen molar-refractivity contribution < 1.29 is 14.0 Å². The molecule has 0 saturated carbocycles. The van der Waals surface area contributed by atoms with Crippen molar-refractivity contribution in [3.63, 3.8) is 0 Å². The van der Waals surface area contributed by atoms with Gasteiger partial charge in [0.2, 0.25) is 0 Å². The molecule has 2 aromatic heterocycles. The van der Waals surface area contributed by atoms with Gasteiger partial charge in [-0.3, -0.25) is 4.98 Å². The first-order valence-corrected chi connectivity index (χ1v) is 13.3. The number of thiazole rings is 1. The van der Waals surface area contributed by atoms with Crippen LogP contribution in [0.2, 0.25) is 0 Å². The summed E-state index contributed by atoms with van der Waals surface area (Å²) in [6, 6.07) is 11.9. The van der Waals surface area contributed by atoms with Gasteiger partial charge in [-0.25, -0.2) is 4.98 Å². The number of nitrogens with one attached hydrogen (secondary N) is 1.